The summed E-state index contributed by atoms with van der Waals surface area (Å²) in [5, 5.41) is 3.17. The minimum Gasteiger partial charge on any atom is -0.462 e. The average molecular weight is 539 g/mol. The Morgan fingerprint density at radius 3 is 2.53 bits per heavy atom. The third kappa shape index (κ3) is 3.04. The summed E-state index contributed by atoms with van der Waals surface area (Å²) in [5.74, 6) is -0.909. The van der Waals surface area contributed by atoms with Crippen molar-refractivity contribution in [2.45, 2.75) is 29.5 Å². The molecular weight excluding hydrogens is 516 g/mol. The van der Waals surface area contributed by atoms with Crippen molar-refractivity contribution >= 4 is 57.9 Å². The number of hydrogen-bond acceptors (Lipinski definition) is 8. The van der Waals surface area contributed by atoms with E-state index in [4.69, 9.17) is 4.74 Å². The van der Waals surface area contributed by atoms with Gasteiger partial charge in [0.25, 0.3) is 0 Å². The Morgan fingerprint density at radius 1 is 1.08 bits per heavy atom. The first-order valence-corrected chi connectivity index (χ1v) is 14.6. The first-order valence-electron chi connectivity index (χ1n) is 12.1. The van der Waals surface area contributed by atoms with E-state index in [2.05, 4.69) is 16.4 Å². The van der Waals surface area contributed by atoms with Gasteiger partial charge in [0.2, 0.25) is 11.8 Å². The van der Waals surface area contributed by atoms with Crippen LogP contribution in [0.15, 0.2) is 51.6 Å². The summed E-state index contributed by atoms with van der Waals surface area (Å²) in [5.41, 5.74) is 0.891. The Morgan fingerprint density at radius 2 is 1.83 bits per heavy atom. The molecule has 2 aromatic heterocycles. The number of hydrogen-bond donors (Lipinski definition) is 1. The predicted molar refractivity (Wildman–Crippen MR) is 138 cm³/mol. The molecule has 7 nitrogen and oxygen atoms in total. The maximum Gasteiger partial charge on any atom is 0.338 e. The highest BCUT2D eigenvalue weighted by molar-refractivity contribution is 8.00. The number of benzene rings is 1. The van der Waals surface area contributed by atoms with Crippen LogP contribution in [-0.2, 0) is 14.3 Å². The normalized spacial score (nSPS) is 31.9. The van der Waals surface area contributed by atoms with Crippen molar-refractivity contribution in [3.8, 4) is 0 Å². The van der Waals surface area contributed by atoms with Crippen LogP contribution >= 0.6 is 34.4 Å². The second kappa shape index (κ2) is 8.16. The number of H-pyrrole nitrogens is 1. The molecule has 7 rings (SSSR count). The lowest BCUT2D eigenvalue weighted by Gasteiger charge is -2.42. The number of esters is 1. The standard InChI is InChI=1S/C26H22N2O5S3/c1-2-33-25(31)11-5-7-12(8-6-11)28-23(29)17-13-10-14(18(17)24(28)30)20-16(13)19(15-4-3-9-34-15)21-22(35-20)27-26(32)36-21/h3-9,13-14,16-20H,2,10H2,1H3,(H,27,32)/t13-,14-,16+,17+,18-,19-,20-/m1/s1. The van der Waals surface area contributed by atoms with Crippen molar-refractivity contribution in [2.24, 2.45) is 29.6 Å². The topological polar surface area (TPSA) is 96.5 Å². The number of carbonyl (C=O) groups excluding carboxylic acids is 3. The van der Waals surface area contributed by atoms with Gasteiger partial charge in [0.05, 0.1) is 34.7 Å². The second-order valence-corrected chi connectivity index (χ2v) is 12.9. The molecule has 7 atom stereocenters. The number of thioether (sulfide) groups is 1. The van der Waals surface area contributed by atoms with E-state index in [1.165, 1.54) is 21.1 Å². The first kappa shape index (κ1) is 22.5. The molecule has 0 unspecified atom stereocenters. The first-order chi connectivity index (χ1) is 17.5. The molecule has 4 heterocycles. The number of amides is 2. The number of ether oxygens (including phenoxy) is 1. The molecule has 1 N–H and O–H groups in total. The fourth-order valence-corrected chi connectivity index (χ4v) is 10.9. The van der Waals surface area contributed by atoms with E-state index < -0.39 is 5.97 Å². The molecule has 184 valence electrons. The van der Waals surface area contributed by atoms with E-state index in [1.807, 2.05) is 6.07 Å². The Hall–Kier alpha value is -2.69. The molecule has 2 bridgehead atoms. The molecule has 2 amide bonds. The predicted octanol–water partition coefficient (Wildman–Crippen LogP) is 4.35. The summed E-state index contributed by atoms with van der Waals surface area (Å²) in [4.78, 5) is 58.4. The largest absolute Gasteiger partial charge is 0.462 e. The maximum absolute atomic E-state index is 13.8. The molecule has 36 heavy (non-hydrogen) atoms. The van der Waals surface area contributed by atoms with Crippen molar-refractivity contribution in [1.29, 1.82) is 0 Å². The van der Waals surface area contributed by atoms with Crippen LogP contribution in [-0.4, -0.2) is 34.6 Å². The van der Waals surface area contributed by atoms with Crippen molar-refractivity contribution in [3.05, 3.63) is 66.8 Å². The molecule has 2 saturated carbocycles. The molecule has 1 saturated heterocycles. The highest BCUT2D eigenvalue weighted by Crippen LogP contribution is 2.68. The molecule has 3 fully saturated rings. The molecule has 3 aromatic rings. The number of aromatic amines is 1. The van der Waals surface area contributed by atoms with Crippen LogP contribution < -0.4 is 9.77 Å². The van der Waals surface area contributed by atoms with E-state index in [0.29, 0.717) is 11.3 Å². The molecule has 10 heteroatoms. The lowest BCUT2D eigenvalue weighted by molar-refractivity contribution is -0.123. The summed E-state index contributed by atoms with van der Waals surface area (Å²) >= 11 is 4.67. The number of anilines is 1. The summed E-state index contributed by atoms with van der Waals surface area (Å²) in [7, 11) is 0. The van der Waals surface area contributed by atoms with Crippen molar-refractivity contribution in [1.82, 2.24) is 4.98 Å². The number of nitrogens with zero attached hydrogens (tertiary/aromatic N) is 1. The van der Waals surface area contributed by atoms with Gasteiger partial charge in [0.1, 0.15) is 0 Å². The van der Waals surface area contributed by atoms with Gasteiger partial charge < -0.3 is 9.72 Å². The molecule has 0 radical (unpaired) electrons. The van der Waals surface area contributed by atoms with Crippen molar-refractivity contribution < 1.29 is 19.1 Å². The van der Waals surface area contributed by atoms with Crippen LogP contribution in [0.25, 0.3) is 0 Å². The van der Waals surface area contributed by atoms with Gasteiger partial charge in [-0.3, -0.25) is 19.3 Å². The lowest BCUT2D eigenvalue weighted by Crippen LogP contribution is -2.42. The van der Waals surface area contributed by atoms with Crippen LogP contribution in [0.4, 0.5) is 5.69 Å². The van der Waals surface area contributed by atoms with E-state index in [0.717, 1.165) is 16.3 Å². The summed E-state index contributed by atoms with van der Waals surface area (Å²) in [6, 6.07) is 10.7. The second-order valence-electron chi connectivity index (χ2n) is 9.76. The van der Waals surface area contributed by atoms with Crippen LogP contribution in [0.1, 0.15) is 39.4 Å². The number of fused-ring (bicyclic) bond motifs is 9. The molecule has 1 aromatic carbocycles. The summed E-state index contributed by atoms with van der Waals surface area (Å²) in [6.45, 7) is 2.03. The van der Waals surface area contributed by atoms with Gasteiger partial charge in [-0.15, -0.1) is 23.1 Å². The molecule has 0 spiro atoms. The molecular formula is C26H22N2O5S3. The van der Waals surface area contributed by atoms with Gasteiger partial charge in [-0.25, -0.2) is 4.79 Å². The number of rotatable bonds is 4. The van der Waals surface area contributed by atoms with Crippen molar-refractivity contribution in [2.75, 3.05) is 11.5 Å². The Balaban J connectivity index is 1.24. The highest BCUT2D eigenvalue weighted by atomic mass is 32.2. The molecule has 2 aliphatic heterocycles. The average Bonchev–Trinajstić information content (AvgIpc) is 3.67. The van der Waals surface area contributed by atoms with Crippen LogP contribution in [0.5, 0.6) is 0 Å². The van der Waals surface area contributed by atoms with E-state index >= 15 is 0 Å². The summed E-state index contributed by atoms with van der Waals surface area (Å²) in [6.07, 6.45) is 0.867. The number of thiazole rings is 1. The fraction of sp³-hybridized carbons (Fsp3) is 0.385. The van der Waals surface area contributed by atoms with Gasteiger partial charge in [0, 0.05) is 20.9 Å². The maximum atomic E-state index is 13.8. The smallest absolute Gasteiger partial charge is 0.338 e. The zero-order chi connectivity index (χ0) is 24.7. The number of thiophene rings is 1. The third-order valence-corrected chi connectivity index (χ3v) is 11.8. The quantitative estimate of drug-likeness (QED) is 0.392. The number of aromatic nitrogens is 1. The Bertz CT molecular complexity index is 1440. The van der Waals surface area contributed by atoms with Gasteiger partial charge in [-0.05, 0) is 66.8 Å². The highest BCUT2D eigenvalue weighted by Gasteiger charge is 2.69. The third-order valence-electron chi connectivity index (χ3n) is 8.21. The van der Waals surface area contributed by atoms with E-state index in [9.17, 15) is 19.2 Å². The van der Waals surface area contributed by atoms with Gasteiger partial charge in [-0.1, -0.05) is 17.4 Å². The van der Waals surface area contributed by atoms with Crippen LogP contribution in [0.3, 0.4) is 0 Å². The fourth-order valence-electron chi connectivity index (χ4n) is 7.02. The Kier molecular flexibility index (Phi) is 5.10. The zero-order valence-corrected chi connectivity index (χ0v) is 21.7. The van der Waals surface area contributed by atoms with E-state index in [1.54, 1.807) is 54.3 Å². The molecule has 2 aliphatic carbocycles. The minimum absolute atomic E-state index is 0.0498. The van der Waals surface area contributed by atoms with Gasteiger partial charge in [0.15, 0.2) is 0 Å². The minimum atomic E-state index is -0.427. The monoisotopic (exact) mass is 538 g/mol. The number of imide groups is 1. The molecule has 4 aliphatic rings. The van der Waals surface area contributed by atoms with Gasteiger partial charge >= 0.3 is 10.8 Å². The SMILES string of the molecule is CCOC(=O)c1ccc(N2C(=O)[C@@H]3[C@H]4C[C@@H]([C@@H]3C2=O)[C@H]2[C@@H](c3cccs3)c3sc(=O)[nH]c3S[C@H]42)cc1. The summed E-state index contributed by atoms with van der Waals surface area (Å²) < 4.78 is 5.05. The lowest BCUT2D eigenvalue weighted by atomic mass is 9.69. The van der Waals surface area contributed by atoms with Crippen molar-refractivity contribution in [3.63, 3.8) is 0 Å². The van der Waals surface area contributed by atoms with Crippen LogP contribution in [0.2, 0.25) is 0 Å². The van der Waals surface area contributed by atoms with Crippen LogP contribution in [0, 0.1) is 29.6 Å². The Labute approximate surface area is 218 Å². The number of nitrogens with one attached hydrogen (secondary N) is 1. The van der Waals surface area contributed by atoms with E-state index in [-0.39, 0.29) is 64.1 Å². The zero-order valence-electron chi connectivity index (χ0n) is 19.2. The van der Waals surface area contributed by atoms with Gasteiger partial charge in [-0.2, -0.15) is 0 Å². The number of carbonyl (C=O) groups is 3.